The van der Waals surface area contributed by atoms with E-state index in [9.17, 15) is 0 Å². The lowest BCUT2D eigenvalue weighted by atomic mass is 10.2. The van der Waals surface area contributed by atoms with E-state index in [-0.39, 0.29) is 6.04 Å². The number of hydrogen-bond acceptors (Lipinski definition) is 6. The fraction of sp³-hybridized carbons (Fsp3) is 0.615. The molecular formula is C13H23N3O3. The van der Waals surface area contributed by atoms with Gasteiger partial charge in [0.15, 0.2) is 0 Å². The zero-order valence-corrected chi connectivity index (χ0v) is 12.0. The third kappa shape index (κ3) is 4.25. The molecule has 108 valence electrons. The highest BCUT2D eigenvalue weighted by molar-refractivity contribution is 5.54. The van der Waals surface area contributed by atoms with Gasteiger partial charge in [-0.25, -0.2) is 0 Å². The van der Waals surface area contributed by atoms with Crippen LogP contribution in [-0.4, -0.2) is 52.1 Å². The molecule has 0 saturated carbocycles. The Labute approximate surface area is 114 Å². The monoisotopic (exact) mass is 269 g/mol. The van der Waals surface area contributed by atoms with Crippen molar-refractivity contribution in [1.29, 1.82) is 0 Å². The first-order chi connectivity index (χ1) is 9.13. The molecule has 1 aromatic rings. The number of nitrogen functional groups attached to an aromatic ring is 1. The predicted octanol–water partition coefficient (Wildman–Crippen LogP) is 1.16. The summed E-state index contributed by atoms with van der Waals surface area (Å²) in [5.74, 6) is 1.23. The van der Waals surface area contributed by atoms with Gasteiger partial charge in [0, 0.05) is 20.8 Å². The molecular weight excluding hydrogens is 246 g/mol. The van der Waals surface area contributed by atoms with Gasteiger partial charge in [-0.1, -0.05) is 0 Å². The third-order valence-corrected chi connectivity index (χ3v) is 2.84. The molecule has 2 N–H and O–H groups in total. The van der Waals surface area contributed by atoms with Gasteiger partial charge >= 0.3 is 0 Å². The second-order valence-corrected chi connectivity index (χ2v) is 4.26. The standard InChI is InChI=1S/C13H23N3O3/c1-10(9-18-3)16(7-8-17-2)12-6-5-11(14)13(15-12)19-4/h5-6,10H,7-9,14H2,1-4H3. The summed E-state index contributed by atoms with van der Waals surface area (Å²) in [5.41, 5.74) is 6.30. The highest BCUT2D eigenvalue weighted by atomic mass is 16.5. The largest absolute Gasteiger partial charge is 0.479 e. The molecule has 0 fully saturated rings. The zero-order chi connectivity index (χ0) is 14.3. The van der Waals surface area contributed by atoms with Crippen LogP contribution in [0.15, 0.2) is 12.1 Å². The molecule has 6 heteroatoms. The first-order valence-electron chi connectivity index (χ1n) is 6.19. The van der Waals surface area contributed by atoms with Crippen molar-refractivity contribution in [1.82, 2.24) is 4.98 Å². The van der Waals surface area contributed by atoms with Crippen LogP contribution in [-0.2, 0) is 9.47 Å². The SMILES string of the molecule is COCCN(c1ccc(N)c(OC)n1)C(C)COC. The van der Waals surface area contributed by atoms with Gasteiger partial charge in [-0.3, -0.25) is 0 Å². The second kappa shape index (κ2) is 7.81. The topological polar surface area (TPSA) is 69.8 Å². The fourth-order valence-electron chi connectivity index (χ4n) is 1.85. The number of hydrogen-bond donors (Lipinski definition) is 1. The molecule has 0 radical (unpaired) electrons. The quantitative estimate of drug-likeness (QED) is 0.763. The first-order valence-corrected chi connectivity index (χ1v) is 6.19. The van der Waals surface area contributed by atoms with Crippen LogP contribution in [0, 0.1) is 0 Å². The van der Waals surface area contributed by atoms with E-state index in [4.69, 9.17) is 19.9 Å². The second-order valence-electron chi connectivity index (χ2n) is 4.26. The van der Waals surface area contributed by atoms with Crippen LogP contribution in [0.4, 0.5) is 11.5 Å². The van der Waals surface area contributed by atoms with E-state index in [0.29, 0.717) is 24.8 Å². The molecule has 0 aromatic carbocycles. The predicted molar refractivity (Wildman–Crippen MR) is 75.8 cm³/mol. The summed E-state index contributed by atoms with van der Waals surface area (Å²) >= 11 is 0. The Bertz CT molecular complexity index is 387. The van der Waals surface area contributed by atoms with Gasteiger partial charge in [0.25, 0.3) is 0 Å². The van der Waals surface area contributed by atoms with Gasteiger partial charge < -0.3 is 24.8 Å². The number of nitrogens with zero attached hydrogens (tertiary/aromatic N) is 2. The lowest BCUT2D eigenvalue weighted by Gasteiger charge is -2.30. The van der Waals surface area contributed by atoms with Crippen LogP contribution in [0.1, 0.15) is 6.92 Å². The molecule has 1 atom stereocenters. The van der Waals surface area contributed by atoms with Crippen LogP contribution in [0.2, 0.25) is 0 Å². The molecule has 0 spiro atoms. The van der Waals surface area contributed by atoms with Gasteiger partial charge in [0.1, 0.15) is 5.82 Å². The maximum absolute atomic E-state index is 5.78. The Morgan fingerprint density at radius 2 is 2.00 bits per heavy atom. The molecule has 0 bridgehead atoms. The van der Waals surface area contributed by atoms with Crippen molar-refractivity contribution in [2.75, 3.05) is 51.7 Å². The highest BCUT2D eigenvalue weighted by Gasteiger charge is 2.17. The average Bonchev–Trinajstić information content (AvgIpc) is 2.41. The maximum Gasteiger partial charge on any atom is 0.238 e. The van der Waals surface area contributed by atoms with Crippen molar-refractivity contribution in [2.45, 2.75) is 13.0 Å². The summed E-state index contributed by atoms with van der Waals surface area (Å²) in [5, 5.41) is 0. The lowest BCUT2D eigenvalue weighted by molar-refractivity contribution is 0.170. The summed E-state index contributed by atoms with van der Waals surface area (Å²) in [6, 6.07) is 3.85. The minimum atomic E-state index is 0.181. The highest BCUT2D eigenvalue weighted by Crippen LogP contribution is 2.23. The third-order valence-electron chi connectivity index (χ3n) is 2.84. The van der Waals surface area contributed by atoms with Gasteiger partial charge in [-0.05, 0) is 19.1 Å². The number of pyridine rings is 1. The Morgan fingerprint density at radius 3 is 2.58 bits per heavy atom. The van der Waals surface area contributed by atoms with Gasteiger partial charge in [-0.2, -0.15) is 4.98 Å². The van der Waals surface area contributed by atoms with E-state index >= 15 is 0 Å². The molecule has 6 nitrogen and oxygen atoms in total. The average molecular weight is 269 g/mol. The van der Waals surface area contributed by atoms with Gasteiger partial charge in [-0.15, -0.1) is 0 Å². The van der Waals surface area contributed by atoms with E-state index in [1.165, 1.54) is 0 Å². The first kappa shape index (κ1) is 15.5. The Hall–Kier alpha value is -1.53. The lowest BCUT2D eigenvalue weighted by Crippen LogP contribution is -2.39. The van der Waals surface area contributed by atoms with Crippen LogP contribution >= 0.6 is 0 Å². The normalized spacial score (nSPS) is 12.2. The zero-order valence-electron chi connectivity index (χ0n) is 12.0. The molecule has 1 rings (SSSR count). The Balaban J connectivity index is 2.95. The molecule has 1 aromatic heterocycles. The Morgan fingerprint density at radius 1 is 1.26 bits per heavy atom. The van der Waals surface area contributed by atoms with Crippen molar-refractivity contribution in [3.8, 4) is 5.88 Å². The number of anilines is 2. The fourth-order valence-corrected chi connectivity index (χ4v) is 1.85. The number of methoxy groups -OCH3 is 3. The van der Waals surface area contributed by atoms with E-state index in [0.717, 1.165) is 12.4 Å². The van der Waals surface area contributed by atoms with Crippen LogP contribution in [0.3, 0.4) is 0 Å². The molecule has 0 aliphatic carbocycles. The molecule has 1 unspecified atom stereocenters. The molecule has 19 heavy (non-hydrogen) atoms. The summed E-state index contributed by atoms with van der Waals surface area (Å²) in [7, 11) is 4.92. The van der Waals surface area contributed by atoms with E-state index in [1.54, 1.807) is 27.4 Å². The summed E-state index contributed by atoms with van der Waals surface area (Å²) in [6.07, 6.45) is 0. The van der Waals surface area contributed by atoms with Crippen LogP contribution in [0.5, 0.6) is 5.88 Å². The number of ether oxygens (including phenoxy) is 3. The van der Waals surface area contributed by atoms with Crippen LogP contribution in [0.25, 0.3) is 0 Å². The molecule has 1 heterocycles. The Kier molecular flexibility index (Phi) is 6.38. The number of aromatic nitrogens is 1. The summed E-state index contributed by atoms with van der Waals surface area (Å²) in [4.78, 5) is 6.52. The van der Waals surface area contributed by atoms with Crippen molar-refractivity contribution >= 4 is 11.5 Å². The van der Waals surface area contributed by atoms with Gasteiger partial charge in [0.2, 0.25) is 5.88 Å². The van der Waals surface area contributed by atoms with E-state index in [1.807, 2.05) is 6.07 Å². The summed E-state index contributed by atoms with van der Waals surface area (Å²) < 4.78 is 15.5. The van der Waals surface area contributed by atoms with E-state index in [2.05, 4.69) is 16.8 Å². The van der Waals surface area contributed by atoms with E-state index < -0.39 is 0 Å². The number of nitrogens with two attached hydrogens (primary N) is 1. The summed E-state index contributed by atoms with van der Waals surface area (Å²) in [6.45, 7) is 4.02. The molecule has 0 aliphatic rings. The minimum Gasteiger partial charge on any atom is -0.479 e. The van der Waals surface area contributed by atoms with Crippen molar-refractivity contribution in [2.24, 2.45) is 0 Å². The maximum atomic E-state index is 5.78. The minimum absolute atomic E-state index is 0.181. The van der Waals surface area contributed by atoms with Crippen LogP contribution < -0.4 is 15.4 Å². The van der Waals surface area contributed by atoms with Gasteiger partial charge in [0.05, 0.1) is 32.1 Å². The molecule has 0 amide bonds. The van der Waals surface area contributed by atoms with Crippen molar-refractivity contribution < 1.29 is 14.2 Å². The number of rotatable bonds is 8. The smallest absolute Gasteiger partial charge is 0.238 e. The molecule has 0 saturated heterocycles. The van der Waals surface area contributed by atoms with Crippen molar-refractivity contribution in [3.05, 3.63) is 12.1 Å². The molecule has 0 aliphatic heterocycles. The van der Waals surface area contributed by atoms with Crippen molar-refractivity contribution in [3.63, 3.8) is 0 Å².